The summed E-state index contributed by atoms with van der Waals surface area (Å²) >= 11 is 0. The van der Waals surface area contributed by atoms with Crippen molar-refractivity contribution >= 4 is 16.7 Å². The molecule has 1 aliphatic carbocycles. The van der Waals surface area contributed by atoms with Gasteiger partial charge in [-0.1, -0.05) is 18.2 Å². The number of aromatic nitrogens is 1. The van der Waals surface area contributed by atoms with Crippen LogP contribution in [0.2, 0.25) is 0 Å². The van der Waals surface area contributed by atoms with Crippen LogP contribution in [0.15, 0.2) is 18.2 Å². The normalized spacial score (nSPS) is 15.4. The first-order valence-electron chi connectivity index (χ1n) is 5.67. The fraction of sp³-hybridized carbons (Fsp3) is 0.308. The molecule has 3 rings (SSSR count). The zero-order valence-electron chi connectivity index (χ0n) is 9.05. The smallest absolute Gasteiger partial charge is 0.165 e. The fourth-order valence-electron chi connectivity index (χ4n) is 2.56. The summed E-state index contributed by atoms with van der Waals surface area (Å²) in [6.45, 7) is 0.505. The summed E-state index contributed by atoms with van der Waals surface area (Å²) in [4.78, 5) is 15.3. The van der Waals surface area contributed by atoms with Crippen molar-refractivity contribution in [3.8, 4) is 0 Å². The third-order valence-electron chi connectivity index (χ3n) is 3.33. The largest absolute Gasteiger partial charge is 0.358 e. The van der Waals surface area contributed by atoms with Gasteiger partial charge in [0.25, 0.3) is 0 Å². The van der Waals surface area contributed by atoms with Crippen LogP contribution in [0.5, 0.6) is 0 Å². The number of rotatable bonds is 1. The first-order chi connectivity index (χ1) is 7.81. The number of carbonyl (C=O) groups is 1. The van der Waals surface area contributed by atoms with Crippen molar-refractivity contribution in [3.05, 3.63) is 35.0 Å². The molecule has 1 aliphatic rings. The number of carbonyl (C=O) groups excluding carboxylic acids is 1. The Morgan fingerprint density at radius 1 is 1.31 bits per heavy atom. The van der Waals surface area contributed by atoms with E-state index in [1.807, 2.05) is 18.2 Å². The summed E-state index contributed by atoms with van der Waals surface area (Å²) in [5, 5.41) is 1.04. The molecule has 1 heterocycles. The lowest BCUT2D eigenvalue weighted by Crippen LogP contribution is -2.08. The van der Waals surface area contributed by atoms with Gasteiger partial charge in [0.15, 0.2) is 5.78 Å². The van der Waals surface area contributed by atoms with E-state index < -0.39 is 0 Å². The van der Waals surface area contributed by atoms with Crippen LogP contribution < -0.4 is 5.73 Å². The lowest BCUT2D eigenvalue weighted by molar-refractivity contribution is 0.0974. The maximum Gasteiger partial charge on any atom is 0.165 e. The Morgan fingerprint density at radius 3 is 3.00 bits per heavy atom. The molecule has 0 radical (unpaired) electrons. The Bertz CT molecular complexity index is 569. The Kier molecular flexibility index (Phi) is 2.07. The Balaban J connectivity index is 2.36. The maximum atomic E-state index is 11.9. The van der Waals surface area contributed by atoms with Crippen LogP contribution in [0.3, 0.4) is 0 Å². The van der Waals surface area contributed by atoms with E-state index in [-0.39, 0.29) is 5.78 Å². The number of nitrogens with two attached hydrogens (primary N) is 1. The van der Waals surface area contributed by atoms with Gasteiger partial charge in [-0.3, -0.25) is 4.79 Å². The minimum atomic E-state index is 0.265. The van der Waals surface area contributed by atoms with E-state index in [2.05, 4.69) is 4.98 Å². The quantitative estimate of drug-likeness (QED) is 0.764. The minimum Gasteiger partial charge on any atom is -0.358 e. The molecular weight excluding hydrogens is 200 g/mol. The van der Waals surface area contributed by atoms with E-state index >= 15 is 0 Å². The second-order valence-electron chi connectivity index (χ2n) is 4.30. The summed E-state index contributed by atoms with van der Waals surface area (Å²) in [5.74, 6) is 0.265. The third-order valence-corrected chi connectivity index (χ3v) is 3.33. The molecule has 2 aromatic rings. The van der Waals surface area contributed by atoms with E-state index in [9.17, 15) is 4.79 Å². The molecule has 16 heavy (non-hydrogen) atoms. The monoisotopic (exact) mass is 214 g/mol. The van der Waals surface area contributed by atoms with Crippen LogP contribution in [-0.2, 0) is 13.0 Å². The SMILES string of the molecule is NCc1cccc2c3c([nH]c12)CCCC3=O. The molecule has 3 heteroatoms. The minimum absolute atomic E-state index is 0.265. The van der Waals surface area contributed by atoms with Gasteiger partial charge in [0.2, 0.25) is 0 Å². The second-order valence-corrected chi connectivity index (χ2v) is 4.30. The number of aromatic amines is 1. The van der Waals surface area contributed by atoms with Crippen molar-refractivity contribution in [1.82, 2.24) is 4.98 Å². The van der Waals surface area contributed by atoms with Gasteiger partial charge in [0.1, 0.15) is 0 Å². The Hall–Kier alpha value is -1.61. The molecule has 0 atom stereocenters. The molecule has 0 spiro atoms. The topological polar surface area (TPSA) is 58.9 Å². The summed E-state index contributed by atoms with van der Waals surface area (Å²) in [6, 6.07) is 5.99. The molecule has 0 saturated carbocycles. The standard InChI is InChI=1S/C13H14N2O/c14-7-8-3-1-4-9-12-10(15-13(8)9)5-2-6-11(12)16/h1,3-4,15H,2,5-7,14H2. The average Bonchev–Trinajstić information content (AvgIpc) is 2.68. The van der Waals surface area contributed by atoms with Crippen molar-refractivity contribution < 1.29 is 4.79 Å². The maximum absolute atomic E-state index is 11.9. The average molecular weight is 214 g/mol. The first kappa shape index (κ1) is 9.60. The highest BCUT2D eigenvalue weighted by atomic mass is 16.1. The second kappa shape index (κ2) is 3.46. The predicted octanol–water partition coefficient (Wildman–Crippen LogP) is 2.15. The molecule has 3 nitrogen and oxygen atoms in total. The number of hydrogen-bond acceptors (Lipinski definition) is 2. The molecule has 0 aliphatic heterocycles. The zero-order chi connectivity index (χ0) is 11.1. The highest BCUT2D eigenvalue weighted by Crippen LogP contribution is 2.30. The van der Waals surface area contributed by atoms with Crippen molar-refractivity contribution in [3.63, 3.8) is 0 Å². The van der Waals surface area contributed by atoms with E-state index in [4.69, 9.17) is 5.73 Å². The lowest BCUT2D eigenvalue weighted by atomic mass is 9.94. The molecule has 0 bridgehead atoms. The summed E-state index contributed by atoms with van der Waals surface area (Å²) in [7, 11) is 0. The first-order valence-corrected chi connectivity index (χ1v) is 5.67. The molecular formula is C13H14N2O. The van der Waals surface area contributed by atoms with Crippen LogP contribution in [0, 0.1) is 0 Å². The van der Waals surface area contributed by atoms with Gasteiger partial charge in [-0.15, -0.1) is 0 Å². The molecule has 0 saturated heterocycles. The van der Waals surface area contributed by atoms with Gasteiger partial charge in [-0.25, -0.2) is 0 Å². The highest BCUT2D eigenvalue weighted by molar-refractivity contribution is 6.10. The number of hydrogen-bond donors (Lipinski definition) is 2. The van der Waals surface area contributed by atoms with E-state index in [0.29, 0.717) is 13.0 Å². The fourth-order valence-corrected chi connectivity index (χ4v) is 2.56. The Labute approximate surface area is 93.6 Å². The van der Waals surface area contributed by atoms with Gasteiger partial charge >= 0.3 is 0 Å². The number of fused-ring (bicyclic) bond motifs is 3. The number of benzene rings is 1. The van der Waals surface area contributed by atoms with Crippen molar-refractivity contribution in [2.24, 2.45) is 5.73 Å². The number of H-pyrrole nitrogens is 1. The molecule has 0 unspecified atom stereocenters. The Morgan fingerprint density at radius 2 is 2.19 bits per heavy atom. The molecule has 3 N–H and O–H groups in total. The van der Waals surface area contributed by atoms with Crippen molar-refractivity contribution in [2.75, 3.05) is 0 Å². The van der Waals surface area contributed by atoms with Crippen LogP contribution >= 0.6 is 0 Å². The van der Waals surface area contributed by atoms with Gasteiger partial charge < -0.3 is 10.7 Å². The summed E-state index contributed by atoms with van der Waals surface area (Å²) in [5.41, 5.74) is 9.82. The number of ketones is 1. The van der Waals surface area contributed by atoms with Gasteiger partial charge in [-0.2, -0.15) is 0 Å². The highest BCUT2D eigenvalue weighted by Gasteiger charge is 2.22. The molecule has 1 aromatic heterocycles. The van der Waals surface area contributed by atoms with Gasteiger partial charge in [-0.05, 0) is 18.4 Å². The molecule has 0 fully saturated rings. The molecule has 82 valence electrons. The van der Waals surface area contributed by atoms with Crippen LogP contribution in [0.25, 0.3) is 10.9 Å². The third kappa shape index (κ3) is 1.21. The lowest BCUT2D eigenvalue weighted by Gasteiger charge is -2.09. The van der Waals surface area contributed by atoms with Gasteiger partial charge in [0, 0.05) is 29.6 Å². The number of aryl methyl sites for hydroxylation is 1. The molecule has 0 amide bonds. The predicted molar refractivity (Wildman–Crippen MR) is 63.5 cm³/mol. The summed E-state index contributed by atoms with van der Waals surface area (Å²) in [6.07, 6.45) is 2.60. The zero-order valence-corrected chi connectivity index (χ0v) is 9.05. The van der Waals surface area contributed by atoms with E-state index in [1.54, 1.807) is 0 Å². The van der Waals surface area contributed by atoms with Crippen LogP contribution in [0.1, 0.15) is 34.5 Å². The molecule has 1 aromatic carbocycles. The van der Waals surface area contributed by atoms with Crippen LogP contribution in [-0.4, -0.2) is 10.8 Å². The van der Waals surface area contributed by atoms with Crippen molar-refractivity contribution in [1.29, 1.82) is 0 Å². The van der Waals surface area contributed by atoms with E-state index in [0.717, 1.165) is 40.6 Å². The number of para-hydroxylation sites is 1. The van der Waals surface area contributed by atoms with E-state index in [1.165, 1.54) is 0 Å². The van der Waals surface area contributed by atoms with Crippen molar-refractivity contribution in [2.45, 2.75) is 25.8 Å². The number of nitrogens with one attached hydrogen (secondary N) is 1. The van der Waals surface area contributed by atoms with Gasteiger partial charge in [0.05, 0.1) is 5.52 Å². The van der Waals surface area contributed by atoms with Crippen LogP contribution in [0.4, 0.5) is 0 Å². The number of Topliss-reactive ketones (excluding diaryl/α,β-unsaturated/α-hetero) is 1. The summed E-state index contributed by atoms with van der Waals surface area (Å²) < 4.78 is 0.